The first-order valence-electron chi connectivity index (χ1n) is 6.59. The van der Waals surface area contributed by atoms with Crippen LogP contribution in [-0.4, -0.2) is 11.1 Å². The predicted octanol–water partition coefficient (Wildman–Crippen LogP) is 3.69. The van der Waals surface area contributed by atoms with Crippen LogP contribution in [-0.2, 0) is 10.3 Å². The standard InChI is InChI=1S/C16H19NO2.ClH/c1-2-3-10-16(17,15(18)19)14-9-8-12-6-4-5-7-13(12)11-14;/h4-9,11H,2-3,10,17H2,1H3,(H,18,19);1H. The molecule has 2 rings (SSSR count). The van der Waals surface area contributed by atoms with Crippen molar-refractivity contribution in [3.63, 3.8) is 0 Å². The Bertz CT molecular complexity index is 600. The van der Waals surface area contributed by atoms with Crippen LogP contribution in [0.15, 0.2) is 42.5 Å². The molecule has 0 spiro atoms. The summed E-state index contributed by atoms with van der Waals surface area (Å²) in [4.78, 5) is 11.5. The minimum absolute atomic E-state index is 0. The van der Waals surface area contributed by atoms with E-state index in [1.54, 1.807) is 0 Å². The fourth-order valence-electron chi connectivity index (χ4n) is 2.30. The van der Waals surface area contributed by atoms with E-state index in [1.165, 1.54) is 0 Å². The number of fused-ring (bicyclic) bond motifs is 1. The molecule has 0 aliphatic heterocycles. The number of hydrogen-bond donors (Lipinski definition) is 2. The van der Waals surface area contributed by atoms with Gasteiger partial charge in [0.25, 0.3) is 0 Å². The Kier molecular flexibility index (Phi) is 5.54. The summed E-state index contributed by atoms with van der Waals surface area (Å²) in [5.74, 6) is -0.962. The molecular weight excluding hydrogens is 274 g/mol. The van der Waals surface area contributed by atoms with Gasteiger partial charge in [0.15, 0.2) is 0 Å². The van der Waals surface area contributed by atoms with Crippen LogP contribution in [0.4, 0.5) is 0 Å². The topological polar surface area (TPSA) is 63.3 Å². The Morgan fingerprint density at radius 2 is 1.85 bits per heavy atom. The SMILES string of the molecule is CCCCC(N)(C(=O)O)c1ccc2ccccc2c1.Cl. The number of halogens is 1. The van der Waals surface area contributed by atoms with Gasteiger partial charge in [-0.25, -0.2) is 4.79 Å². The van der Waals surface area contributed by atoms with Gasteiger partial charge >= 0.3 is 5.97 Å². The second kappa shape index (κ2) is 6.73. The fourth-order valence-corrected chi connectivity index (χ4v) is 2.30. The molecule has 0 aliphatic carbocycles. The molecule has 0 heterocycles. The number of aliphatic carboxylic acids is 1. The summed E-state index contributed by atoms with van der Waals surface area (Å²) >= 11 is 0. The first-order chi connectivity index (χ1) is 9.08. The minimum Gasteiger partial charge on any atom is -0.480 e. The number of carboxylic acids is 1. The van der Waals surface area contributed by atoms with E-state index >= 15 is 0 Å². The minimum atomic E-state index is -1.29. The molecule has 0 saturated heterocycles. The summed E-state index contributed by atoms with van der Waals surface area (Å²) in [7, 11) is 0. The van der Waals surface area contributed by atoms with Gasteiger partial charge in [-0.2, -0.15) is 0 Å². The van der Waals surface area contributed by atoms with Crippen LogP contribution in [0.1, 0.15) is 31.7 Å². The Labute approximate surface area is 125 Å². The highest BCUT2D eigenvalue weighted by atomic mass is 35.5. The first-order valence-corrected chi connectivity index (χ1v) is 6.59. The largest absolute Gasteiger partial charge is 0.480 e. The molecule has 1 unspecified atom stereocenters. The van der Waals surface area contributed by atoms with Crippen molar-refractivity contribution in [2.24, 2.45) is 5.73 Å². The summed E-state index contributed by atoms with van der Waals surface area (Å²) in [6.45, 7) is 2.03. The zero-order chi connectivity index (χ0) is 13.9. The zero-order valence-corrected chi connectivity index (χ0v) is 12.3. The molecule has 0 fully saturated rings. The van der Waals surface area contributed by atoms with Crippen molar-refractivity contribution >= 4 is 29.1 Å². The van der Waals surface area contributed by atoms with E-state index in [2.05, 4.69) is 0 Å². The molecule has 3 N–H and O–H groups in total. The van der Waals surface area contributed by atoms with Crippen molar-refractivity contribution < 1.29 is 9.90 Å². The molecule has 4 heteroatoms. The number of benzene rings is 2. The molecule has 0 amide bonds. The number of nitrogens with two attached hydrogens (primary N) is 1. The van der Waals surface area contributed by atoms with Crippen molar-refractivity contribution in [2.75, 3.05) is 0 Å². The van der Waals surface area contributed by atoms with Gasteiger partial charge in [-0.05, 0) is 28.8 Å². The van der Waals surface area contributed by atoms with Crippen LogP contribution in [0.2, 0.25) is 0 Å². The van der Waals surface area contributed by atoms with E-state index in [1.807, 2.05) is 49.4 Å². The maximum absolute atomic E-state index is 11.5. The van der Waals surface area contributed by atoms with Crippen molar-refractivity contribution in [1.29, 1.82) is 0 Å². The Morgan fingerprint density at radius 1 is 1.20 bits per heavy atom. The maximum Gasteiger partial charge on any atom is 0.328 e. The molecule has 1 atom stereocenters. The van der Waals surface area contributed by atoms with Crippen molar-refractivity contribution in [1.82, 2.24) is 0 Å². The summed E-state index contributed by atoms with van der Waals surface area (Å²) in [6, 6.07) is 13.5. The van der Waals surface area contributed by atoms with Gasteiger partial charge in [0.1, 0.15) is 5.54 Å². The Hall–Kier alpha value is -1.58. The van der Waals surface area contributed by atoms with Gasteiger partial charge in [0.2, 0.25) is 0 Å². The molecule has 108 valence electrons. The number of hydrogen-bond acceptors (Lipinski definition) is 2. The van der Waals surface area contributed by atoms with E-state index in [9.17, 15) is 9.90 Å². The molecule has 0 saturated carbocycles. The second-order valence-electron chi connectivity index (χ2n) is 4.94. The number of carbonyl (C=O) groups is 1. The molecule has 0 aliphatic rings. The molecule has 2 aromatic rings. The average molecular weight is 294 g/mol. The molecule has 0 aromatic heterocycles. The highest BCUT2D eigenvalue weighted by molar-refractivity contribution is 5.87. The van der Waals surface area contributed by atoms with Gasteiger partial charge < -0.3 is 10.8 Å². The molecule has 20 heavy (non-hydrogen) atoms. The summed E-state index contributed by atoms with van der Waals surface area (Å²) in [5, 5.41) is 11.6. The third-order valence-electron chi connectivity index (χ3n) is 3.57. The number of rotatable bonds is 5. The van der Waals surface area contributed by atoms with Crippen LogP contribution in [0.3, 0.4) is 0 Å². The Balaban J connectivity index is 0.00000200. The molecule has 0 radical (unpaired) electrons. The Morgan fingerprint density at radius 3 is 2.45 bits per heavy atom. The molecular formula is C16H20ClNO2. The highest BCUT2D eigenvalue weighted by Gasteiger charge is 2.35. The quantitative estimate of drug-likeness (QED) is 0.883. The summed E-state index contributed by atoms with van der Waals surface area (Å²) in [6.07, 6.45) is 2.19. The maximum atomic E-state index is 11.5. The number of unbranched alkanes of at least 4 members (excludes halogenated alkanes) is 1. The number of carboxylic acid groups (broad SMARTS) is 1. The third-order valence-corrected chi connectivity index (χ3v) is 3.57. The van der Waals surface area contributed by atoms with Crippen LogP contribution < -0.4 is 5.73 Å². The first kappa shape index (κ1) is 16.5. The lowest BCUT2D eigenvalue weighted by Gasteiger charge is -2.25. The van der Waals surface area contributed by atoms with Crippen molar-refractivity contribution in [3.8, 4) is 0 Å². The zero-order valence-electron chi connectivity index (χ0n) is 11.5. The summed E-state index contributed by atoms with van der Waals surface area (Å²) in [5.41, 5.74) is 5.52. The fraction of sp³-hybridized carbons (Fsp3) is 0.312. The van der Waals surface area contributed by atoms with Gasteiger partial charge in [-0.3, -0.25) is 0 Å². The van der Waals surface area contributed by atoms with E-state index < -0.39 is 11.5 Å². The van der Waals surface area contributed by atoms with E-state index in [4.69, 9.17) is 5.73 Å². The van der Waals surface area contributed by atoms with Gasteiger partial charge in [-0.15, -0.1) is 12.4 Å². The van der Waals surface area contributed by atoms with Crippen molar-refractivity contribution in [3.05, 3.63) is 48.0 Å². The second-order valence-corrected chi connectivity index (χ2v) is 4.94. The van der Waals surface area contributed by atoms with Crippen LogP contribution in [0.25, 0.3) is 10.8 Å². The van der Waals surface area contributed by atoms with Gasteiger partial charge in [0, 0.05) is 0 Å². The highest BCUT2D eigenvalue weighted by Crippen LogP contribution is 2.28. The van der Waals surface area contributed by atoms with E-state index in [0.717, 1.165) is 23.6 Å². The third kappa shape index (κ3) is 3.11. The van der Waals surface area contributed by atoms with E-state index in [-0.39, 0.29) is 12.4 Å². The molecule has 2 aromatic carbocycles. The predicted molar refractivity (Wildman–Crippen MR) is 84.2 cm³/mol. The summed E-state index contributed by atoms with van der Waals surface area (Å²) < 4.78 is 0. The average Bonchev–Trinajstić information content (AvgIpc) is 2.44. The lowest BCUT2D eigenvalue weighted by molar-refractivity contribution is -0.144. The normalized spacial score (nSPS) is 13.5. The monoisotopic (exact) mass is 293 g/mol. The lowest BCUT2D eigenvalue weighted by Crippen LogP contribution is -2.44. The van der Waals surface area contributed by atoms with Crippen LogP contribution >= 0.6 is 12.4 Å². The smallest absolute Gasteiger partial charge is 0.328 e. The van der Waals surface area contributed by atoms with Crippen molar-refractivity contribution in [2.45, 2.75) is 31.7 Å². The van der Waals surface area contributed by atoms with Gasteiger partial charge in [-0.1, -0.05) is 56.2 Å². The van der Waals surface area contributed by atoms with Gasteiger partial charge in [0.05, 0.1) is 0 Å². The van der Waals surface area contributed by atoms with Crippen LogP contribution in [0.5, 0.6) is 0 Å². The molecule has 3 nitrogen and oxygen atoms in total. The van der Waals surface area contributed by atoms with Crippen LogP contribution in [0, 0.1) is 0 Å². The lowest BCUT2D eigenvalue weighted by atomic mass is 9.85. The molecule has 0 bridgehead atoms. The van der Waals surface area contributed by atoms with E-state index in [0.29, 0.717) is 12.0 Å².